The SMILES string of the molecule is Cc1c(C(=O)OCC(C)C)sc2ncn(C(C)C(=O)Nc3nc4ccccc4s3)c(=O)c12. The number of aryl methyl sites for hydroxylation is 1. The molecule has 0 aliphatic rings. The second-order valence-corrected chi connectivity index (χ2v) is 9.87. The number of para-hydroxylation sites is 1. The molecule has 8 nitrogen and oxygen atoms in total. The molecule has 3 aromatic heterocycles. The van der Waals surface area contributed by atoms with Gasteiger partial charge >= 0.3 is 5.97 Å². The van der Waals surface area contributed by atoms with Crippen LogP contribution in [0.4, 0.5) is 5.13 Å². The number of rotatable bonds is 6. The van der Waals surface area contributed by atoms with Crippen LogP contribution in [0.2, 0.25) is 0 Å². The van der Waals surface area contributed by atoms with E-state index in [1.807, 2.05) is 38.1 Å². The van der Waals surface area contributed by atoms with Gasteiger partial charge in [0.15, 0.2) is 5.13 Å². The topological polar surface area (TPSA) is 103 Å². The van der Waals surface area contributed by atoms with E-state index in [1.54, 1.807) is 13.8 Å². The molecule has 0 saturated heterocycles. The van der Waals surface area contributed by atoms with Gasteiger partial charge in [-0.05, 0) is 37.5 Å². The summed E-state index contributed by atoms with van der Waals surface area (Å²) in [5, 5.41) is 3.57. The Bertz CT molecular complexity index is 1350. The van der Waals surface area contributed by atoms with Crippen molar-refractivity contribution in [1.82, 2.24) is 14.5 Å². The average molecular weight is 471 g/mol. The van der Waals surface area contributed by atoms with Crippen LogP contribution in [-0.2, 0) is 9.53 Å². The number of esters is 1. The summed E-state index contributed by atoms with van der Waals surface area (Å²) in [6.07, 6.45) is 1.34. The fraction of sp³-hybridized carbons (Fsp3) is 0.318. The van der Waals surface area contributed by atoms with E-state index in [1.165, 1.54) is 22.2 Å². The molecule has 32 heavy (non-hydrogen) atoms. The maximum atomic E-state index is 13.2. The quantitative estimate of drug-likeness (QED) is 0.419. The third-order valence-electron chi connectivity index (χ3n) is 4.93. The second-order valence-electron chi connectivity index (χ2n) is 7.84. The van der Waals surface area contributed by atoms with Crippen LogP contribution >= 0.6 is 22.7 Å². The standard InChI is InChI=1S/C22H22N4O4S2/c1-11(2)9-30-21(29)17-12(3)16-19(32-17)23-10-26(20(16)28)13(4)18(27)25-22-24-14-7-5-6-8-15(14)31-22/h5-8,10-11,13H,9H2,1-4H3,(H,24,25,27). The predicted molar refractivity (Wildman–Crippen MR) is 127 cm³/mol. The normalized spacial score (nSPS) is 12.4. The summed E-state index contributed by atoms with van der Waals surface area (Å²) < 4.78 is 7.54. The van der Waals surface area contributed by atoms with E-state index in [2.05, 4.69) is 15.3 Å². The molecule has 1 unspecified atom stereocenters. The zero-order valence-corrected chi connectivity index (χ0v) is 19.7. The van der Waals surface area contributed by atoms with Crippen molar-refractivity contribution in [2.24, 2.45) is 5.92 Å². The number of carbonyl (C=O) groups excluding carboxylic acids is 2. The predicted octanol–water partition coefficient (Wildman–Crippen LogP) is 4.39. The van der Waals surface area contributed by atoms with Gasteiger partial charge in [0.05, 0.1) is 28.5 Å². The second kappa shape index (κ2) is 8.79. The number of carbonyl (C=O) groups is 2. The minimum Gasteiger partial charge on any atom is -0.461 e. The largest absolute Gasteiger partial charge is 0.461 e. The van der Waals surface area contributed by atoms with Crippen molar-refractivity contribution in [3.63, 3.8) is 0 Å². The Morgan fingerprint density at radius 2 is 1.94 bits per heavy atom. The number of hydrogen-bond donors (Lipinski definition) is 1. The molecular formula is C22H22N4O4S2. The number of benzene rings is 1. The average Bonchev–Trinajstić information content (AvgIpc) is 3.32. The Morgan fingerprint density at radius 1 is 1.19 bits per heavy atom. The van der Waals surface area contributed by atoms with E-state index in [-0.39, 0.29) is 17.4 Å². The van der Waals surface area contributed by atoms with Crippen LogP contribution in [0, 0.1) is 12.8 Å². The van der Waals surface area contributed by atoms with Gasteiger partial charge in [-0.3, -0.25) is 14.2 Å². The van der Waals surface area contributed by atoms with Crippen LogP contribution in [0.25, 0.3) is 20.4 Å². The maximum Gasteiger partial charge on any atom is 0.348 e. The highest BCUT2D eigenvalue weighted by Crippen LogP contribution is 2.29. The summed E-state index contributed by atoms with van der Waals surface area (Å²) >= 11 is 2.49. The van der Waals surface area contributed by atoms with Gasteiger partial charge in [0.1, 0.15) is 15.7 Å². The molecule has 0 saturated carbocycles. The first-order valence-corrected chi connectivity index (χ1v) is 11.7. The first kappa shape index (κ1) is 22.1. The minimum absolute atomic E-state index is 0.207. The van der Waals surface area contributed by atoms with E-state index >= 15 is 0 Å². The lowest BCUT2D eigenvalue weighted by atomic mass is 10.2. The van der Waals surface area contributed by atoms with E-state index in [0.29, 0.717) is 32.4 Å². The Morgan fingerprint density at radius 3 is 2.66 bits per heavy atom. The third-order valence-corrected chi connectivity index (χ3v) is 7.06. The van der Waals surface area contributed by atoms with Gasteiger partial charge in [0, 0.05) is 0 Å². The van der Waals surface area contributed by atoms with Crippen molar-refractivity contribution in [2.45, 2.75) is 33.7 Å². The lowest BCUT2D eigenvalue weighted by Gasteiger charge is -2.13. The number of thiazole rings is 1. The van der Waals surface area contributed by atoms with E-state index in [0.717, 1.165) is 21.6 Å². The summed E-state index contributed by atoms with van der Waals surface area (Å²) in [6, 6.07) is 6.77. The van der Waals surface area contributed by atoms with Crippen molar-refractivity contribution >= 4 is 60.1 Å². The van der Waals surface area contributed by atoms with Crippen LogP contribution in [0.5, 0.6) is 0 Å². The summed E-state index contributed by atoms with van der Waals surface area (Å²) in [6.45, 7) is 7.52. The van der Waals surface area contributed by atoms with Crippen LogP contribution in [-0.4, -0.2) is 33.0 Å². The Hall–Kier alpha value is -3.11. The molecule has 1 atom stereocenters. The number of fused-ring (bicyclic) bond motifs is 2. The fourth-order valence-electron chi connectivity index (χ4n) is 3.18. The van der Waals surface area contributed by atoms with Crippen molar-refractivity contribution in [3.05, 3.63) is 51.4 Å². The highest BCUT2D eigenvalue weighted by Gasteiger charge is 2.24. The van der Waals surface area contributed by atoms with Gasteiger partial charge in [0.25, 0.3) is 5.56 Å². The summed E-state index contributed by atoms with van der Waals surface area (Å²) in [4.78, 5) is 48.0. The molecule has 1 amide bonds. The Balaban J connectivity index is 1.61. The van der Waals surface area contributed by atoms with E-state index < -0.39 is 12.0 Å². The number of thiophene rings is 1. The van der Waals surface area contributed by atoms with Gasteiger partial charge in [-0.1, -0.05) is 37.3 Å². The molecule has 166 valence electrons. The summed E-state index contributed by atoms with van der Waals surface area (Å²) in [5.74, 6) is -0.637. The van der Waals surface area contributed by atoms with Crippen molar-refractivity contribution in [3.8, 4) is 0 Å². The van der Waals surface area contributed by atoms with E-state index in [4.69, 9.17) is 4.74 Å². The van der Waals surface area contributed by atoms with Gasteiger partial charge in [-0.15, -0.1) is 11.3 Å². The summed E-state index contributed by atoms with van der Waals surface area (Å²) in [7, 11) is 0. The monoisotopic (exact) mass is 470 g/mol. The zero-order valence-electron chi connectivity index (χ0n) is 18.0. The smallest absolute Gasteiger partial charge is 0.348 e. The summed E-state index contributed by atoms with van der Waals surface area (Å²) in [5.41, 5.74) is 0.939. The first-order valence-electron chi connectivity index (χ1n) is 10.1. The van der Waals surface area contributed by atoms with Gasteiger partial charge in [-0.25, -0.2) is 14.8 Å². The van der Waals surface area contributed by atoms with Gasteiger partial charge in [-0.2, -0.15) is 0 Å². The molecule has 0 spiro atoms. The molecule has 4 rings (SSSR count). The van der Waals surface area contributed by atoms with Crippen molar-refractivity contribution < 1.29 is 14.3 Å². The molecule has 0 aliphatic heterocycles. The highest BCUT2D eigenvalue weighted by atomic mass is 32.1. The molecule has 1 N–H and O–H groups in total. The zero-order chi connectivity index (χ0) is 23.0. The van der Waals surface area contributed by atoms with Crippen molar-refractivity contribution in [1.29, 1.82) is 0 Å². The lowest BCUT2D eigenvalue weighted by Crippen LogP contribution is -2.31. The number of anilines is 1. The molecule has 3 heterocycles. The molecule has 10 heteroatoms. The Kier molecular flexibility index (Phi) is 6.07. The molecular weight excluding hydrogens is 448 g/mol. The minimum atomic E-state index is -0.818. The van der Waals surface area contributed by atoms with Crippen LogP contribution in [0.1, 0.15) is 42.0 Å². The third kappa shape index (κ3) is 4.15. The number of amides is 1. The lowest BCUT2D eigenvalue weighted by molar-refractivity contribution is -0.118. The van der Waals surface area contributed by atoms with Gasteiger partial charge in [0.2, 0.25) is 5.91 Å². The van der Waals surface area contributed by atoms with Crippen LogP contribution < -0.4 is 10.9 Å². The molecule has 4 aromatic rings. The van der Waals surface area contributed by atoms with E-state index in [9.17, 15) is 14.4 Å². The number of nitrogens with zero attached hydrogens (tertiary/aromatic N) is 3. The molecule has 0 fully saturated rings. The van der Waals surface area contributed by atoms with Crippen molar-refractivity contribution in [2.75, 3.05) is 11.9 Å². The first-order chi connectivity index (χ1) is 15.3. The molecule has 0 radical (unpaired) electrons. The van der Waals surface area contributed by atoms with Crippen LogP contribution in [0.3, 0.4) is 0 Å². The highest BCUT2D eigenvalue weighted by molar-refractivity contribution is 7.22. The van der Waals surface area contributed by atoms with Gasteiger partial charge < -0.3 is 10.1 Å². The molecule has 1 aromatic carbocycles. The van der Waals surface area contributed by atoms with Crippen LogP contribution in [0.15, 0.2) is 35.4 Å². The number of nitrogens with one attached hydrogen (secondary N) is 1. The fourth-order valence-corrected chi connectivity index (χ4v) is 5.08. The number of ether oxygens (including phenoxy) is 1. The Labute approximate surface area is 191 Å². The molecule has 0 bridgehead atoms. The number of aromatic nitrogens is 3. The maximum absolute atomic E-state index is 13.2. The molecule has 0 aliphatic carbocycles. The number of hydrogen-bond acceptors (Lipinski definition) is 8.